The molecular weight excluding hydrogens is 522 g/mol. The van der Waals surface area contributed by atoms with E-state index in [-0.39, 0.29) is 23.3 Å². The molecule has 0 aliphatic rings. The van der Waals surface area contributed by atoms with Gasteiger partial charge in [-0.1, -0.05) is 80.4 Å². The topological polar surface area (TPSA) is 86.8 Å². The minimum absolute atomic E-state index is 0.0951. The third kappa shape index (κ3) is 7.72. The first-order chi connectivity index (χ1) is 18.9. The maximum Gasteiger partial charge on any atom is 0.264 e. The monoisotopic (exact) mass is 563 g/mol. The molecule has 1 N–H and O–H groups in total. The van der Waals surface area contributed by atoms with E-state index in [4.69, 9.17) is 0 Å². The van der Waals surface area contributed by atoms with Gasteiger partial charge in [0, 0.05) is 13.1 Å². The van der Waals surface area contributed by atoms with Crippen molar-refractivity contribution < 1.29 is 18.0 Å². The van der Waals surface area contributed by atoms with Crippen LogP contribution in [0.15, 0.2) is 77.7 Å². The molecule has 0 fully saturated rings. The van der Waals surface area contributed by atoms with Crippen LogP contribution in [0.4, 0.5) is 5.69 Å². The second-order valence-electron chi connectivity index (χ2n) is 10.5. The maximum absolute atomic E-state index is 14.0. The van der Waals surface area contributed by atoms with Crippen molar-refractivity contribution in [2.45, 2.75) is 71.4 Å². The molecule has 0 radical (unpaired) electrons. The summed E-state index contributed by atoms with van der Waals surface area (Å²) in [5.41, 5.74) is 4.31. The first-order valence-electron chi connectivity index (χ1n) is 13.8. The Hall–Kier alpha value is -3.65. The number of nitrogens with zero attached hydrogens (tertiary/aromatic N) is 2. The summed E-state index contributed by atoms with van der Waals surface area (Å²) in [6.45, 7) is 11.8. The summed E-state index contributed by atoms with van der Waals surface area (Å²) in [6, 6.07) is 20.7. The summed E-state index contributed by atoms with van der Waals surface area (Å²) in [5.74, 6) is -0.481. The highest BCUT2D eigenvalue weighted by Crippen LogP contribution is 2.27. The van der Waals surface area contributed by atoms with Crippen molar-refractivity contribution in [3.8, 4) is 0 Å². The molecule has 0 spiro atoms. The van der Waals surface area contributed by atoms with E-state index >= 15 is 0 Å². The van der Waals surface area contributed by atoms with E-state index in [0.29, 0.717) is 12.2 Å². The number of hydrogen-bond acceptors (Lipinski definition) is 4. The zero-order valence-electron chi connectivity index (χ0n) is 24.3. The number of rotatable bonds is 12. The van der Waals surface area contributed by atoms with Crippen LogP contribution in [0.5, 0.6) is 0 Å². The van der Waals surface area contributed by atoms with E-state index in [1.807, 2.05) is 57.2 Å². The van der Waals surface area contributed by atoms with Gasteiger partial charge in [-0.2, -0.15) is 0 Å². The van der Waals surface area contributed by atoms with E-state index < -0.39 is 28.5 Å². The molecule has 8 heteroatoms. The average Bonchev–Trinajstić information content (AvgIpc) is 2.94. The number of carbonyl (C=O) groups excluding carboxylic acids is 2. The second-order valence-corrected chi connectivity index (χ2v) is 12.4. The molecule has 0 heterocycles. The SMILES string of the molecule is CCCNC(=O)[C@@H](C)N(Cc1ccc(C)cc1)C(=O)CN(c1ccc(C(C)C)cc1)S(=O)(=O)c1ccc(C)cc1. The first kappa shape index (κ1) is 30.9. The number of carbonyl (C=O) groups is 2. The minimum Gasteiger partial charge on any atom is -0.354 e. The molecule has 7 nitrogen and oxygen atoms in total. The van der Waals surface area contributed by atoms with Gasteiger partial charge in [-0.05, 0) is 68.5 Å². The summed E-state index contributed by atoms with van der Waals surface area (Å²) in [6.07, 6.45) is 0.763. The Morgan fingerprint density at radius 3 is 1.90 bits per heavy atom. The molecule has 2 amide bonds. The molecule has 0 bridgehead atoms. The fourth-order valence-corrected chi connectivity index (χ4v) is 5.67. The molecule has 0 unspecified atom stereocenters. The third-order valence-electron chi connectivity index (χ3n) is 6.93. The normalized spacial score (nSPS) is 12.2. The van der Waals surface area contributed by atoms with Crippen LogP contribution in [0.2, 0.25) is 0 Å². The van der Waals surface area contributed by atoms with Gasteiger partial charge in [0.2, 0.25) is 11.8 Å². The molecule has 3 rings (SSSR count). The lowest BCUT2D eigenvalue weighted by molar-refractivity contribution is -0.139. The minimum atomic E-state index is -4.09. The van der Waals surface area contributed by atoms with Crippen molar-refractivity contribution in [1.82, 2.24) is 10.2 Å². The van der Waals surface area contributed by atoms with E-state index in [9.17, 15) is 18.0 Å². The van der Waals surface area contributed by atoms with E-state index in [0.717, 1.165) is 33.0 Å². The number of benzene rings is 3. The average molecular weight is 564 g/mol. The van der Waals surface area contributed by atoms with Crippen molar-refractivity contribution >= 4 is 27.5 Å². The van der Waals surface area contributed by atoms with Gasteiger partial charge in [-0.15, -0.1) is 0 Å². The first-order valence-corrected chi connectivity index (χ1v) is 15.2. The largest absolute Gasteiger partial charge is 0.354 e. The fourth-order valence-electron chi connectivity index (χ4n) is 4.26. The van der Waals surface area contributed by atoms with Crippen LogP contribution in [-0.4, -0.2) is 44.3 Å². The molecule has 0 saturated heterocycles. The van der Waals surface area contributed by atoms with Crippen LogP contribution in [-0.2, 0) is 26.2 Å². The lowest BCUT2D eigenvalue weighted by Gasteiger charge is -2.32. The van der Waals surface area contributed by atoms with Crippen molar-refractivity contribution in [1.29, 1.82) is 0 Å². The molecule has 3 aromatic carbocycles. The Bertz CT molecular complexity index is 1380. The van der Waals surface area contributed by atoms with E-state index in [1.54, 1.807) is 43.3 Å². The number of nitrogens with one attached hydrogen (secondary N) is 1. The molecule has 40 heavy (non-hydrogen) atoms. The van der Waals surface area contributed by atoms with Gasteiger partial charge in [-0.25, -0.2) is 8.42 Å². The summed E-state index contributed by atoms with van der Waals surface area (Å²) in [7, 11) is -4.09. The van der Waals surface area contributed by atoms with E-state index in [2.05, 4.69) is 19.2 Å². The Morgan fingerprint density at radius 1 is 0.825 bits per heavy atom. The number of sulfonamides is 1. The van der Waals surface area contributed by atoms with Gasteiger partial charge in [0.05, 0.1) is 10.6 Å². The predicted octanol–water partition coefficient (Wildman–Crippen LogP) is 5.57. The molecule has 3 aromatic rings. The van der Waals surface area contributed by atoms with Gasteiger partial charge in [0.1, 0.15) is 12.6 Å². The number of hydrogen-bond donors (Lipinski definition) is 1. The second kappa shape index (κ2) is 13.6. The lowest BCUT2D eigenvalue weighted by atomic mass is 10.0. The fraction of sp³-hybridized carbons (Fsp3) is 0.375. The van der Waals surface area contributed by atoms with Crippen molar-refractivity contribution in [3.63, 3.8) is 0 Å². The van der Waals surface area contributed by atoms with Gasteiger partial charge in [0.25, 0.3) is 10.0 Å². The van der Waals surface area contributed by atoms with Gasteiger partial charge < -0.3 is 10.2 Å². The van der Waals surface area contributed by atoms with Crippen LogP contribution in [0.25, 0.3) is 0 Å². The predicted molar refractivity (Wildman–Crippen MR) is 161 cm³/mol. The standard InChI is InChI=1S/C32H41N3O4S/c1-7-20-33-32(37)26(6)34(21-27-12-8-24(4)9-13-27)31(36)22-35(29-16-14-28(15-17-29)23(2)3)40(38,39)30-18-10-25(5)11-19-30/h8-19,23,26H,7,20-22H2,1-6H3,(H,33,37)/t26-/m1/s1. The Labute approximate surface area is 239 Å². The maximum atomic E-state index is 14.0. The third-order valence-corrected chi connectivity index (χ3v) is 8.71. The Morgan fingerprint density at radius 2 is 1.38 bits per heavy atom. The lowest BCUT2D eigenvalue weighted by Crippen LogP contribution is -2.51. The van der Waals surface area contributed by atoms with Gasteiger partial charge >= 0.3 is 0 Å². The summed E-state index contributed by atoms with van der Waals surface area (Å²) in [5, 5.41) is 2.86. The zero-order valence-corrected chi connectivity index (χ0v) is 25.2. The Kier molecular flexibility index (Phi) is 10.5. The van der Waals surface area contributed by atoms with Crippen molar-refractivity contribution in [2.24, 2.45) is 0 Å². The number of amides is 2. The van der Waals surface area contributed by atoms with Crippen LogP contribution in [0, 0.1) is 13.8 Å². The highest BCUT2D eigenvalue weighted by atomic mass is 32.2. The summed E-state index contributed by atoms with van der Waals surface area (Å²) >= 11 is 0. The number of aryl methyl sites for hydroxylation is 2. The molecule has 0 aliphatic heterocycles. The smallest absolute Gasteiger partial charge is 0.264 e. The van der Waals surface area contributed by atoms with Crippen molar-refractivity contribution in [2.75, 3.05) is 17.4 Å². The quantitative estimate of drug-likeness (QED) is 0.312. The Balaban J connectivity index is 2.03. The van der Waals surface area contributed by atoms with Crippen LogP contribution in [0.1, 0.15) is 62.3 Å². The van der Waals surface area contributed by atoms with Gasteiger partial charge in [0.15, 0.2) is 0 Å². The molecule has 214 valence electrons. The van der Waals surface area contributed by atoms with Crippen LogP contribution < -0.4 is 9.62 Å². The van der Waals surface area contributed by atoms with E-state index in [1.165, 1.54) is 4.90 Å². The summed E-state index contributed by atoms with van der Waals surface area (Å²) < 4.78 is 29.0. The molecule has 0 aliphatic carbocycles. The van der Waals surface area contributed by atoms with Crippen LogP contribution in [0.3, 0.4) is 0 Å². The molecule has 0 aromatic heterocycles. The molecular formula is C32H41N3O4S. The highest BCUT2D eigenvalue weighted by Gasteiger charge is 2.32. The zero-order chi connectivity index (χ0) is 29.4. The van der Waals surface area contributed by atoms with Gasteiger partial charge in [-0.3, -0.25) is 13.9 Å². The number of anilines is 1. The molecule has 1 atom stereocenters. The molecule has 0 saturated carbocycles. The highest BCUT2D eigenvalue weighted by molar-refractivity contribution is 7.92. The summed E-state index contributed by atoms with van der Waals surface area (Å²) in [4.78, 5) is 28.5. The van der Waals surface area contributed by atoms with Crippen molar-refractivity contribution in [3.05, 3.63) is 95.1 Å². The van der Waals surface area contributed by atoms with Crippen LogP contribution >= 0.6 is 0 Å².